The normalized spacial score (nSPS) is 16.4. The maximum Gasteiger partial charge on any atom is 0.336 e. The van der Waals surface area contributed by atoms with Gasteiger partial charge in [0.1, 0.15) is 11.3 Å². The van der Waals surface area contributed by atoms with Crippen LogP contribution in [0.2, 0.25) is 0 Å². The Labute approximate surface area is 160 Å². The van der Waals surface area contributed by atoms with Crippen LogP contribution in [0.1, 0.15) is 6.42 Å². The number of para-hydroxylation sites is 2. The largest absolute Gasteiger partial charge is 0.495 e. The predicted octanol–water partition coefficient (Wildman–Crippen LogP) is 2.79. The van der Waals surface area contributed by atoms with Crippen LogP contribution < -0.4 is 20.6 Å². The summed E-state index contributed by atoms with van der Waals surface area (Å²) in [6.45, 7) is 0.285. The van der Waals surface area contributed by atoms with Gasteiger partial charge in [-0.15, -0.1) is 0 Å². The summed E-state index contributed by atoms with van der Waals surface area (Å²) in [6.07, 6.45) is 0.131. The zero-order chi connectivity index (χ0) is 19.7. The van der Waals surface area contributed by atoms with Crippen molar-refractivity contribution in [2.45, 2.75) is 6.42 Å². The lowest BCUT2D eigenvalue weighted by Crippen LogP contribution is -2.28. The number of carbonyl (C=O) groups is 2. The molecule has 0 bridgehead atoms. The van der Waals surface area contributed by atoms with Crippen LogP contribution in [0.5, 0.6) is 5.75 Å². The molecule has 1 aliphatic heterocycles. The van der Waals surface area contributed by atoms with Crippen LogP contribution >= 0.6 is 0 Å². The molecule has 0 spiro atoms. The second-order valence-corrected chi connectivity index (χ2v) is 6.57. The Morgan fingerprint density at radius 2 is 1.96 bits per heavy atom. The van der Waals surface area contributed by atoms with E-state index in [2.05, 4.69) is 5.32 Å². The summed E-state index contributed by atoms with van der Waals surface area (Å²) in [4.78, 5) is 38.0. The fraction of sp³-hybridized carbons (Fsp3) is 0.190. The summed E-state index contributed by atoms with van der Waals surface area (Å²) in [5, 5.41) is 3.55. The molecule has 7 nitrogen and oxygen atoms in total. The van der Waals surface area contributed by atoms with E-state index in [1.807, 2.05) is 12.1 Å². The SMILES string of the molecule is COc1ccccc1N1C[C@H](C(=O)Nc2ccc3oc(=O)ccc3c2)CC1=O. The number of amides is 2. The van der Waals surface area contributed by atoms with Crippen molar-refractivity contribution >= 4 is 34.2 Å². The van der Waals surface area contributed by atoms with E-state index in [9.17, 15) is 14.4 Å². The van der Waals surface area contributed by atoms with Gasteiger partial charge < -0.3 is 19.4 Å². The number of methoxy groups -OCH3 is 1. The van der Waals surface area contributed by atoms with Crippen molar-refractivity contribution in [2.24, 2.45) is 5.92 Å². The van der Waals surface area contributed by atoms with E-state index in [0.29, 0.717) is 28.1 Å². The first-order chi connectivity index (χ1) is 13.5. The quantitative estimate of drug-likeness (QED) is 0.705. The second kappa shape index (κ2) is 7.19. The Balaban J connectivity index is 1.51. The van der Waals surface area contributed by atoms with Crippen molar-refractivity contribution in [1.82, 2.24) is 0 Å². The fourth-order valence-electron chi connectivity index (χ4n) is 3.36. The monoisotopic (exact) mass is 378 g/mol. The van der Waals surface area contributed by atoms with Crippen LogP contribution in [0, 0.1) is 5.92 Å². The Morgan fingerprint density at radius 3 is 2.79 bits per heavy atom. The third kappa shape index (κ3) is 3.34. The molecule has 0 radical (unpaired) electrons. The van der Waals surface area contributed by atoms with Gasteiger partial charge in [0.05, 0.1) is 18.7 Å². The molecule has 4 rings (SSSR count). The molecule has 2 heterocycles. The van der Waals surface area contributed by atoms with E-state index in [1.165, 1.54) is 6.07 Å². The van der Waals surface area contributed by atoms with Gasteiger partial charge in [0.25, 0.3) is 0 Å². The van der Waals surface area contributed by atoms with E-state index in [1.54, 1.807) is 48.4 Å². The molecule has 28 heavy (non-hydrogen) atoms. The van der Waals surface area contributed by atoms with Crippen LogP contribution in [-0.2, 0) is 9.59 Å². The highest BCUT2D eigenvalue weighted by Crippen LogP contribution is 2.33. The number of carbonyl (C=O) groups excluding carboxylic acids is 2. The van der Waals surface area contributed by atoms with Gasteiger partial charge >= 0.3 is 5.63 Å². The van der Waals surface area contributed by atoms with Gasteiger partial charge in [0, 0.05) is 30.1 Å². The average Bonchev–Trinajstić information content (AvgIpc) is 3.09. The molecule has 1 aliphatic rings. The summed E-state index contributed by atoms with van der Waals surface area (Å²) in [5.41, 5.74) is 1.26. The molecule has 3 aromatic rings. The van der Waals surface area contributed by atoms with Crippen molar-refractivity contribution in [2.75, 3.05) is 23.9 Å². The molecule has 1 atom stereocenters. The molecular weight excluding hydrogens is 360 g/mol. The first kappa shape index (κ1) is 17.8. The molecule has 0 saturated carbocycles. The van der Waals surface area contributed by atoms with E-state index < -0.39 is 11.5 Å². The number of hydrogen-bond donors (Lipinski definition) is 1. The molecular formula is C21H18N2O5. The van der Waals surface area contributed by atoms with E-state index in [-0.39, 0.29) is 24.8 Å². The Morgan fingerprint density at radius 1 is 1.14 bits per heavy atom. The zero-order valence-corrected chi connectivity index (χ0v) is 15.2. The number of nitrogens with one attached hydrogen (secondary N) is 1. The minimum atomic E-state index is -0.471. The van der Waals surface area contributed by atoms with Gasteiger partial charge in [0.15, 0.2) is 0 Å². The van der Waals surface area contributed by atoms with Gasteiger partial charge in [0.2, 0.25) is 11.8 Å². The van der Waals surface area contributed by atoms with Crippen molar-refractivity contribution in [1.29, 1.82) is 0 Å². The highest BCUT2D eigenvalue weighted by atomic mass is 16.5. The van der Waals surface area contributed by atoms with Crippen LogP contribution in [0.15, 0.2) is 63.8 Å². The van der Waals surface area contributed by atoms with Gasteiger partial charge in [-0.1, -0.05) is 12.1 Å². The minimum absolute atomic E-state index is 0.120. The molecule has 0 unspecified atom stereocenters. The maximum atomic E-state index is 12.7. The molecule has 1 aromatic heterocycles. The summed E-state index contributed by atoms with van der Waals surface area (Å²) >= 11 is 0. The number of hydrogen-bond acceptors (Lipinski definition) is 5. The molecule has 142 valence electrons. The summed E-state index contributed by atoms with van der Waals surface area (Å²) in [5.74, 6) is -0.234. The second-order valence-electron chi connectivity index (χ2n) is 6.57. The van der Waals surface area contributed by atoms with Gasteiger partial charge in [-0.2, -0.15) is 0 Å². The number of ether oxygens (including phenoxy) is 1. The highest BCUT2D eigenvalue weighted by molar-refractivity contribution is 6.04. The van der Waals surface area contributed by atoms with E-state index in [0.717, 1.165) is 0 Å². The maximum absolute atomic E-state index is 12.7. The smallest absolute Gasteiger partial charge is 0.336 e. The number of nitrogens with zero attached hydrogens (tertiary/aromatic N) is 1. The first-order valence-electron chi connectivity index (χ1n) is 8.83. The number of fused-ring (bicyclic) bond motifs is 1. The highest BCUT2D eigenvalue weighted by Gasteiger charge is 2.36. The fourth-order valence-corrected chi connectivity index (χ4v) is 3.36. The van der Waals surface area contributed by atoms with Crippen molar-refractivity contribution in [3.63, 3.8) is 0 Å². The van der Waals surface area contributed by atoms with E-state index >= 15 is 0 Å². The predicted molar refractivity (Wildman–Crippen MR) is 105 cm³/mol. The first-order valence-corrected chi connectivity index (χ1v) is 8.83. The third-order valence-corrected chi connectivity index (χ3v) is 4.76. The van der Waals surface area contributed by atoms with Crippen molar-refractivity contribution in [3.05, 3.63) is 65.0 Å². The van der Waals surface area contributed by atoms with Gasteiger partial charge in [-0.05, 0) is 36.4 Å². The van der Waals surface area contributed by atoms with E-state index in [4.69, 9.17) is 9.15 Å². The van der Waals surface area contributed by atoms with Crippen molar-refractivity contribution in [3.8, 4) is 5.75 Å². The molecule has 1 fully saturated rings. The standard InChI is InChI=1S/C21H18N2O5/c1-27-18-5-3-2-4-16(18)23-12-14(11-19(23)24)21(26)22-15-7-8-17-13(10-15)6-9-20(25)28-17/h2-10,14H,11-12H2,1H3,(H,22,26)/t14-/m1/s1. The topological polar surface area (TPSA) is 88.8 Å². The van der Waals surface area contributed by atoms with Crippen LogP contribution in [-0.4, -0.2) is 25.5 Å². The van der Waals surface area contributed by atoms with Crippen LogP contribution in [0.3, 0.4) is 0 Å². The molecule has 0 aliphatic carbocycles. The average molecular weight is 378 g/mol. The summed E-state index contributed by atoms with van der Waals surface area (Å²) in [7, 11) is 1.55. The zero-order valence-electron chi connectivity index (χ0n) is 15.2. The van der Waals surface area contributed by atoms with Crippen LogP contribution in [0.4, 0.5) is 11.4 Å². The molecule has 1 N–H and O–H groups in total. The summed E-state index contributed by atoms with van der Waals surface area (Å²) < 4.78 is 10.4. The number of benzene rings is 2. The lowest BCUT2D eigenvalue weighted by molar-refractivity contribution is -0.122. The molecule has 1 saturated heterocycles. The van der Waals surface area contributed by atoms with Gasteiger partial charge in [-0.25, -0.2) is 4.79 Å². The summed E-state index contributed by atoms with van der Waals surface area (Å²) in [6, 6.07) is 15.2. The lowest BCUT2D eigenvalue weighted by atomic mass is 10.1. The Kier molecular flexibility index (Phi) is 4.57. The van der Waals surface area contributed by atoms with Crippen molar-refractivity contribution < 1.29 is 18.7 Å². The molecule has 7 heteroatoms. The lowest BCUT2D eigenvalue weighted by Gasteiger charge is -2.19. The minimum Gasteiger partial charge on any atom is -0.495 e. The third-order valence-electron chi connectivity index (χ3n) is 4.76. The van der Waals surface area contributed by atoms with Gasteiger partial charge in [-0.3, -0.25) is 9.59 Å². The molecule has 2 amide bonds. The Hall–Kier alpha value is -3.61. The molecule has 2 aromatic carbocycles. The number of anilines is 2. The Bertz CT molecular complexity index is 1120. The number of rotatable bonds is 4. The van der Waals surface area contributed by atoms with Crippen LogP contribution in [0.25, 0.3) is 11.0 Å².